The van der Waals surface area contributed by atoms with Crippen LogP contribution in [0.3, 0.4) is 0 Å². The van der Waals surface area contributed by atoms with Crippen LogP contribution in [0.1, 0.15) is 69.7 Å². The van der Waals surface area contributed by atoms with E-state index in [0.29, 0.717) is 34.3 Å². The maximum Gasteiger partial charge on any atom is 0.291 e. The number of amides is 1. The van der Waals surface area contributed by atoms with Crippen molar-refractivity contribution in [2.75, 3.05) is 5.32 Å². The normalized spacial score (nSPS) is 17.2. The molecule has 2 aromatic carbocycles. The fraction of sp³-hybridized carbons (Fsp3) is 0.360. The minimum absolute atomic E-state index is 0.0777. The van der Waals surface area contributed by atoms with Gasteiger partial charge >= 0.3 is 0 Å². The van der Waals surface area contributed by atoms with Gasteiger partial charge in [-0.25, -0.2) is 0 Å². The summed E-state index contributed by atoms with van der Waals surface area (Å²) in [5.74, 6) is 0.602. The number of ketones is 1. The van der Waals surface area contributed by atoms with Gasteiger partial charge in [-0.05, 0) is 81.8 Å². The van der Waals surface area contributed by atoms with Crippen molar-refractivity contribution in [3.05, 3.63) is 58.3 Å². The lowest BCUT2D eigenvalue weighted by atomic mass is 9.87. The summed E-state index contributed by atoms with van der Waals surface area (Å²) in [5, 5.41) is 3.61. The Morgan fingerprint density at radius 1 is 1.03 bits per heavy atom. The van der Waals surface area contributed by atoms with Gasteiger partial charge in [0, 0.05) is 16.6 Å². The van der Waals surface area contributed by atoms with Crippen LogP contribution in [0.5, 0.6) is 5.75 Å². The first-order valence-electron chi connectivity index (χ1n) is 10.5. The van der Waals surface area contributed by atoms with Crippen molar-refractivity contribution in [1.29, 1.82) is 0 Å². The Hall–Kier alpha value is -3.08. The van der Waals surface area contributed by atoms with Crippen molar-refractivity contribution in [3.63, 3.8) is 0 Å². The average Bonchev–Trinajstić information content (AvgIpc) is 3.25. The number of carbonyl (C=O) groups excluding carboxylic acids is 2. The number of Topliss-reactive ketones (excluding diaryl/α,β-unsaturated/α-hetero) is 1. The Morgan fingerprint density at radius 3 is 2.43 bits per heavy atom. The third-order valence-electron chi connectivity index (χ3n) is 6.35. The van der Waals surface area contributed by atoms with E-state index in [1.54, 1.807) is 6.07 Å². The van der Waals surface area contributed by atoms with Crippen LogP contribution in [-0.4, -0.2) is 17.3 Å². The van der Waals surface area contributed by atoms with Crippen molar-refractivity contribution in [2.45, 2.75) is 58.5 Å². The standard InChI is InChI=1S/C25H25NO4/c1-14-10-15(2)12-17(11-14)26-24(28)23-16(3)21-19(29-23)6-7-20-22(21)18(27)13-25(30-20)8-4-5-9-25/h6-7,10-12H,4-5,8-9,13H2,1-3H3,(H,26,28). The van der Waals surface area contributed by atoms with Gasteiger partial charge in [-0.15, -0.1) is 0 Å². The van der Waals surface area contributed by atoms with E-state index >= 15 is 0 Å². The second-order valence-electron chi connectivity index (χ2n) is 8.79. The highest BCUT2D eigenvalue weighted by Gasteiger charge is 2.43. The van der Waals surface area contributed by atoms with Crippen LogP contribution in [0.4, 0.5) is 5.69 Å². The maximum atomic E-state index is 13.1. The van der Waals surface area contributed by atoms with E-state index in [2.05, 4.69) is 11.4 Å². The summed E-state index contributed by atoms with van der Waals surface area (Å²) in [4.78, 5) is 26.1. The molecule has 0 radical (unpaired) electrons. The molecule has 1 amide bonds. The first-order chi connectivity index (χ1) is 14.3. The average molecular weight is 403 g/mol. The van der Waals surface area contributed by atoms with Crippen molar-refractivity contribution < 1.29 is 18.7 Å². The summed E-state index contributed by atoms with van der Waals surface area (Å²) in [6.07, 6.45) is 4.43. The van der Waals surface area contributed by atoms with Crippen LogP contribution in [0.25, 0.3) is 11.0 Å². The van der Waals surface area contributed by atoms with Crippen LogP contribution in [0, 0.1) is 20.8 Å². The monoisotopic (exact) mass is 403 g/mol. The van der Waals surface area contributed by atoms with Gasteiger partial charge in [0.15, 0.2) is 11.5 Å². The molecule has 5 rings (SSSR count). The van der Waals surface area contributed by atoms with E-state index in [-0.39, 0.29) is 23.1 Å². The summed E-state index contributed by atoms with van der Waals surface area (Å²) in [6, 6.07) is 9.50. The first kappa shape index (κ1) is 18.9. The molecule has 0 atom stereocenters. The molecule has 5 heteroatoms. The summed E-state index contributed by atoms with van der Waals surface area (Å²) in [6.45, 7) is 5.81. The Balaban J connectivity index is 1.54. The SMILES string of the molecule is Cc1cc(C)cc(NC(=O)c2oc3ccc4c(c3c2C)C(=O)CC2(CCCC2)O4)c1. The highest BCUT2D eigenvalue weighted by molar-refractivity contribution is 6.14. The number of nitrogens with one attached hydrogen (secondary N) is 1. The fourth-order valence-electron chi connectivity index (χ4n) is 5.08. The van der Waals surface area contributed by atoms with Crippen molar-refractivity contribution >= 4 is 28.3 Å². The van der Waals surface area contributed by atoms with Crippen LogP contribution < -0.4 is 10.1 Å². The molecule has 154 valence electrons. The number of anilines is 1. The predicted molar refractivity (Wildman–Crippen MR) is 116 cm³/mol. The molecule has 1 aromatic heterocycles. The summed E-state index contributed by atoms with van der Waals surface area (Å²) in [7, 11) is 0. The minimum atomic E-state index is -0.349. The van der Waals surface area contributed by atoms with Gasteiger partial charge in [0.25, 0.3) is 5.91 Å². The summed E-state index contributed by atoms with van der Waals surface area (Å²) < 4.78 is 12.2. The van der Waals surface area contributed by atoms with Gasteiger partial charge in [-0.2, -0.15) is 0 Å². The van der Waals surface area contributed by atoms with Gasteiger partial charge in [0.05, 0.1) is 12.0 Å². The number of rotatable bonds is 2. The lowest BCUT2D eigenvalue weighted by molar-refractivity contribution is 0.0454. The number of carbonyl (C=O) groups is 2. The van der Waals surface area contributed by atoms with Crippen LogP contribution in [-0.2, 0) is 0 Å². The molecule has 2 heterocycles. The molecule has 2 aliphatic rings. The Labute approximate surface area is 175 Å². The third-order valence-corrected chi connectivity index (χ3v) is 6.35. The molecular formula is C25H25NO4. The highest BCUT2D eigenvalue weighted by Crippen LogP contribution is 2.46. The Kier molecular flexibility index (Phi) is 4.24. The molecule has 0 unspecified atom stereocenters. The fourth-order valence-corrected chi connectivity index (χ4v) is 5.08. The van der Waals surface area contributed by atoms with E-state index in [4.69, 9.17) is 9.15 Å². The van der Waals surface area contributed by atoms with Crippen LogP contribution in [0.15, 0.2) is 34.7 Å². The molecule has 30 heavy (non-hydrogen) atoms. The Bertz CT molecular complexity index is 1180. The number of fused-ring (bicyclic) bond motifs is 3. The largest absolute Gasteiger partial charge is 0.486 e. The lowest BCUT2D eigenvalue weighted by Crippen LogP contribution is -2.39. The highest BCUT2D eigenvalue weighted by atomic mass is 16.5. The van der Waals surface area contributed by atoms with E-state index < -0.39 is 0 Å². The number of furan rings is 1. The first-order valence-corrected chi connectivity index (χ1v) is 10.5. The molecule has 0 bridgehead atoms. The maximum absolute atomic E-state index is 13.1. The Morgan fingerprint density at radius 2 is 1.73 bits per heavy atom. The molecule has 1 aliphatic heterocycles. The van der Waals surface area contributed by atoms with Crippen molar-refractivity contribution in [3.8, 4) is 5.75 Å². The zero-order valence-corrected chi connectivity index (χ0v) is 17.6. The number of aryl methyl sites for hydroxylation is 3. The predicted octanol–water partition coefficient (Wildman–Crippen LogP) is 5.89. The molecule has 0 saturated heterocycles. The van der Waals surface area contributed by atoms with Crippen LogP contribution >= 0.6 is 0 Å². The van der Waals surface area contributed by atoms with E-state index in [1.165, 1.54) is 0 Å². The zero-order chi connectivity index (χ0) is 21.0. The summed E-state index contributed by atoms with van der Waals surface area (Å²) in [5.41, 5.74) is 4.28. The van der Waals surface area contributed by atoms with Gasteiger partial charge in [0.1, 0.15) is 16.9 Å². The van der Waals surface area contributed by atoms with E-state index in [9.17, 15) is 9.59 Å². The number of hydrogen-bond donors (Lipinski definition) is 1. The number of hydrogen-bond acceptors (Lipinski definition) is 4. The van der Waals surface area contributed by atoms with E-state index in [1.807, 2.05) is 39.0 Å². The van der Waals surface area contributed by atoms with Crippen LogP contribution in [0.2, 0.25) is 0 Å². The molecule has 3 aromatic rings. The van der Waals surface area contributed by atoms with E-state index in [0.717, 1.165) is 42.5 Å². The smallest absolute Gasteiger partial charge is 0.291 e. The van der Waals surface area contributed by atoms with Gasteiger partial charge < -0.3 is 14.5 Å². The molecule has 5 nitrogen and oxygen atoms in total. The minimum Gasteiger partial charge on any atom is -0.486 e. The molecule has 1 saturated carbocycles. The summed E-state index contributed by atoms with van der Waals surface area (Å²) >= 11 is 0. The molecule has 1 spiro atoms. The van der Waals surface area contributed by atoms with Crippen molar-refractivity contribution in [2.24, 2.45) is 0 Å². The number of benzene rings is 2. The van der Waals surface area contributed by atoms with Gasteiger partial charge in [0.2, 0.25) is 0 Å². The quantitative estimate of drug-likeness (QED) is 0.579. The second-order valence-corrected chi connectivity index (χ2v) is 8.79. The molecule has 1 aliphatic carbocycles. The van der Waals surface area contributed by atoms with Crippen molar-refractivity contribution in [1.82, 2.24) is 0 Å². The topological polar surface area (TPSA) is 68.5 Å². The zero-order valence-electron chi connectivity index (χ0n) is 17.6. The van der Waals surface area contributed by atoms with Gasteiger partial charge in [-0.1, -0.05) is 6.07 Å². The third kappa shape index (κ3) is 3.00. The molecule has 1 fully saturated rings. The molecular weight excluding hydrogens is 378 g/mol. The van der Waals surface area contributed by atoms with Gasteiger partial charge in [-0.3, -0.25) is 9.59 Å². The lowest BCUT2D eigenvalue weighted by Gasteiger charge is -2.34. The number of ether oxygens (including phenoxy) is 1. The molecule has 1 N–H and O–H groups in total. The second kappa shape index (κ2) is 6.73.